The van der Waals surface area contributed by atoms with Crippen molar-refractivity contribution in [2.24, 2.45) is 0 Å². The van der Waals surface area contributed by atoms with E-state index in [9.17, 15) is 27.9 Å². The van der Waals surface area contributed by atoms with E-state index in [1.165, 1.54) is 0 Å². The second-order valence-corrected chi connectivity index (χ2v) is 9.16. The number of carbonyl (C=O) groups is 3. The van der Waals surface area contributed by atoms with Gasteiger partial charge in [0.2, 0.25) is 15.9 Å². The van der Waals surface area contributed by atoms with Gasteiger partial charge in [0.05, 0.1) is 5.75 Å². The van der Waals surface area contributed by atoms with Crippen molar-refractivity contribution in [3.05, 3.63) is 35.9 Å². The highest BCUT2D eigenvalue weighted by molar-refractivity contribution is 7.88. The summed E-state index contributed by atoms with van der Waals surface area (Å²) in [6.07, 6.45) is 1.96. The molecule has 0 bridgehead atoms. The normalized spacial score (nSPS) is 16.5. The number of hydrogen-bond donors (Lipinski definition) is 2. The van der Waals surface area contributed by atoms with Crippen molar-refractivity contribution in [1.82, 2.24) is 9.62 Å². The maximum atomic E-state index is 12.8. The maximum absolute atomic E-state index is 12.8. The Labute approximate surface area is 198 Å². The van der Waals surface area contributed by atoms with Gasteiger partial charge in [0.25, 0.3) is 0 Å². The fourth-order valence-electron chi connectivity index (χ4n) is 3.44. The minimum absolute atomic E-state index is 0.0105. The number of carbonyl (C=O) groups excluding carboxylic acids is 2. The first-order valence-corrected chi connectivity index (χ1v) is 13.4. The van der Waals surface area contributed by atoms with Gasteiger partial charge in [-0.1, -0.05) is 65.0 Å². The quantitative estimate of drug-likeness (QED) is 0.493. The fraction of sp³-hybridized carbons (Fsp3) is 0.625. The second kappa shape index (κ2) is 16.4. The number of carboxylic acids is 1. The molecule has 1 aliphatic heterocycles. The zero-order chi connectivity index (χ0) is 25.4. The van der Waals surface area contributed by atoms with E-state index < -0.39 is 34.0 Å². The number of sulfonamides is 1. The summed E-state index contributed by atoms with van der Waals surface area (Å²) in [6.45, 7) is 10.1. The van der Waals surface area contributed by atoms with Gasteiger partial charge in [-0.2, -0.15) is 4.31 Å². The summed E-state index contributed by atoms with van der Waals surface area (Å²) >= 11 is 0. The first-order valence-electron chi connectivity index (χ1n) is 11.8. The Balaban J connectivity index is 0.00000242. The second-order valence-electron chi connectivity index (χ2n) is 7.24. The Morgan fingerprint density at radius 1 is 1.09 bits per heavy atom. The van der Waals surface area contributed by atoms with E-state index in [1.807, 2.05) is 34.6 Å². The van der Waals surface area contributed by atoms with Gasteiger partial charge in [0, 0.05) is 19.4 Å². The van der Waals surface area contributed by atoms with Crippen LogP contribution in [0.5, 0.6) is 0 Å². The van der Waals surface area contributed by atoms with Crippen LogP contribution in [0.15, 0.2) is 30.3 Å². The molecule has 0 aromatic heterocycles. The SMILES string of the molecule is CC.CC.CCCC(=O)CCC(NC(=O)C1CCCN1S(=O)(=O)Cc1ccccc1)C(=O)O. The Bertz CT molecular complexity index is 827. The highest BCUT2D eigenvalue weighted by Crippen LogP contribution is 2.24. The smallest absolute Gasteiger partial charge is 0.326 e. The van der Waals surface area contributed by atoms with E-state index in [0.29, 0.717) is 31.2 Å². The number of carboxylic acid groups (broad SMARTS) is 1. The van der Waals surface area contributed by atoms with Crippen LogP contribution in [0.2, 0.25) is 0 Å². The Morgan fingerprint density at radius 3 is 2.24 bits per heavy atom. The summed E-state index contributed by atoms with van der Waals surface area (Å²) in [6, 6.07) is 6.54. The highest BCUT2D eigenvalue weighted by atomic mass is 32.2. The third kappa shape index (κ3) is 10.5. The number of ketones is 1. The summed E-state index contributed by atoms with van der Waals surface area (Å²) in [5.41, 5.74) is 0.622. The van der Waals surface area contributed by atoms with E-state index in [1.54, 1.807) is 30.3 Å². The molecule has 0 saturated carbocycles. The van der Waals surface area contributed by atoms with Crippen molar-refractivity contribution in [3.8, 4) is 0 Å². The molecule has 0 radical (unpaired) electrons. The summed E-state index contributed by atoms with van der Waals surface area (Å²) in [5.74, 6) is -2.14. The van der Waals surface area contributed by atoms with Crippen LogP contribution < -0.4 is 5.32 Å². The molecule has 1 fully saturated rings. The van der Waals surface area contributed by atoms with Crippen molar-refractivity contribution in [2.75, 3.05) is 6.54 Å². The molecule has 8 nitrogen and oxygen atoms in total. The molecule has 9 heteroatoms. The number of aliphatic carboxylic acids is 1. The minimum Gasteiger partial charge on any atom is -0.480 e. The molecule has 1 aromatic carbocycles. The van der Waals surface area contributed by atoms with Crippen molar-refractivity contribution in [2.45, 2.75) is 91.0 Å². The molecular weight excluding hydrogens is 444 g/mol. The molecule has 1 aromatic rings. The summed E-state index contributed by atoms with van der Waals surface area (Å²) in [7, 11) is -3.73. The Kier molecular flexibility index (Phi) is 15.2. The van der Waals surface area contributed by atoms with Crippen molar-refractivity contribution in [1.29, 1.82) is 0 Å². The van der Waals surface area contributed by atoms with Crippen LogP contribution in [-0.4, -0.2) is 54.1 Å². The van der Waals surface area contributed by atoms with Crippen LogP contribution in [0.3, 0.4) is 0 Å². The van der Waals surface area contributed by atoms with Crippen molar-refractivity contribution >= 4 is 27.7 Å². The number of nitrogens with zero attached hydrogens (tertiary/aromatic N) is 1. The molecule has 2 atom stereocenters. The number of rotatable bonds is 11. The number of Topliss-reactive ketones (excluding diaryl/α,β-unsaturated/α-hetero) is 1. The molecule has 2 unspecified atom stereocenters. The standard InChI is InChI=1S/C20H28N2O6S.2C2H6/c1-2-7-16(23)11-12-17(20(25)26)21-19(24)18-10-6-13-22(18)29(27,28)14-15-8-4-3-5-9-15;2*1-2/h3-5,8-9,17-18H,2,6-7,10-14H2,1H3,(H,21,24)(H,25,26);2*1-2H3. The van der Waals surface area contributed by atoms with Gasteiger partial charge in [0.15, 0.2) is 0 Å². The Hall–Kier alpha value is -2.26. The van der Waals surface area contributed by atoms with Gasteiger partial charge < -0.3 is 10.4 Å². The lowest BCUT2D eigenvalue weighted by atomic mass is 10.1. The number of amides is 1. The maximum Gasteiger partial charge on any atom is 0.326 e. The van der Waals surface area contributed by atoms with Crippen LogP contribution in [-0.2, 0) is 30.2 Å². The number of benzene rings is 1. The van der Waals surface area contributed by atoms with Gasteiger partial charge in [0.1, 0.15) is 17.9 Å². The molecular formula is C24H40N2O6S. The minimum atomic E-state index is -3.73. The van der Waals surface area contributed by atoms with Gasteiger partial charge in [-0.05, 0) is 31.2 Å². The van der Waals surface area contributed by atoms with Gasteiger partial charge in [-0.25, -0.2) is 13.2 Å². The third-order valence-corrected chi connectivity index (χ3v) is 6.76. The predicted molar refractivity (Wildman–Crippen MR) is 130 cm³/mol. The lowest BCUT2D eigenvalue weighted by Crippen LogP contribution is -2.51. The zero-order valence-electron chi connectivity index (χ0n) is 20.5. The molecule has 2 N–H and O–H groups in total. The molecule has 2 rings (SSSR count). The van der Waals surface area contributed by atoms with Crippen LogP contribution in [0, 0.1) is 0 Å². The van der Waals surface area contributed by atoms with Crippen LogP contribution in [0.1, 0.15) is 78.7 Å². The molecule has 0 aliphatic carbocycles. The first-order chi connectivity index (χ1) is 15.7. The fourth-order valence-corrected chi connectivity index (χ4v) is 5.21. The van der Waals surface area contributed by atoms with Crippen LogP contribution in [0.4, 0.5) is 0 Å². The Morgan fingerprint density at radius 2 is 1.70 bits per heavy atom. The van der Waals surface area contributed by atoms with E-state index >= 15 is 0 Å². The molecule has 1 amide bonds. The van der Waals surface area contributed by atoms with E-state index in [4.69, 9.17) is 0 Å². The van der Waals surface area contributed by atoms with Crippen molar-refractivity contribution < 1.29 is 27.9 Å². The first kappa shape index (κ1) is 30.7. The monoisotopic (exact) mass is 484 g/mol. The van der Waals surface area contributed by atoms with E-state index in [-0.39, 0.29) is 30.9 Å². The summed E-state index contributed by atoms with van der Waals surface area (Å²) in [4.78, 5) is 35.8. The topological polar surface area (TPSA) is 121 Å². The van der Waals surface area contributed by atoms with Gasteiger partial charge in [-0.15, -0.1) is 0 Å². The van der Waals surface area contributed by atoms with E-state index in [0.717, 1.165) is 4.31 Å². The van der Waals surface area contributed by atoms with E-state index in [2.05, 4.69) is 5.32 Å². The molecule has 33 heavy (non-hydrogen) atoms. The average Bonchev–Trinajstić information content (AvgIpc) is 3.31. The van der Waals surface area contributed by atoms with Gasteiger partial charge >= 0.3 is 5.97 Å². The summed E-state index contributed by atoms with van der Waals surface area (Å²) in [5, 5.41) is 11.8. The highest BCUT2D eigenvalue weighted by Gasteiger charge is 2.39. The lowest BCUT2D eigenvalue weighted by Gasteiger charge is -2.25. The largest absolute Gasteiger partial charge is 0.480 e. The number of nitrogens with one attached hydrogen (secondary N) is 1. The molecule has 0 spiro atoms. The molecule has 1 heterocycles. The summed E-state index contributed by atoms with van der Waals surface area (Å²) < 4.78 is 26.8. The zero-order valence-corrected chi connectivity index (χ0v) is 21.4. The average molecular weight is 485 g/mol. The molecule has 188 valence electrons. The number of hydrogen-bond acceptors (Lipinski definition) is 5. The predicted octanol–water partition coefficient (Wildman–Crippen LogP) is 3.75. The van der Waals surface area contributed by atoms with Crippen LogP contribution >= 0.6 is 0 Å². The van der Waals surface area contributed by atoms with Crippen LogP contribution in [0.25, 0.3) is 0 Å². The molecule has 1 aliphatic rings. The van der Waals surface area contributed by atoms with Gasteiger partial charge in [-0.3, -0.25) is 9.59 Å². The third-order valence-electron chi connectivity index (χ3n) is 4.91. The van der Waals surface area contributed by atoms with Crippen molar-refractivity contribution in [3.63, 3.8) is 0 Å². The lowest BCUT2D eigenvalue weighted by molar-refractivity contribution is -0.142. The molecule has 1 saturated heterocycles.